The summed E-state index contributed by atoms with van der Waals surface area (Å²) in [6, 6.07) is 2.66. The Balaban J connectivity index is 1.90. The van der Waals surface area contributed by atoms with Crippen molar-refractivity contribution >= 4 is 21.6 Å². The molecule has 1 saturated carbocycles. The molecule has 0 atom stereocenters. The first-order valence-electron chi connectivity index (χ1n) is 8.27. The van der Waals surface area contributed by atoms with Crippen LogP contribution in [-0.4, -0.2) is 25.1 Å². The molecule has 1 fully saturated rings. The van der Waals surface area contributed by atoms with E-state index < -0.39 is 26.4 Å². The Bertz CT molecular complexity index is 717. The van der Waals surface area contributed by atoms with E-state index in [0.29, 0.717) is 25.7 Å². The van der Waals surface area contributed by atoms with E-state index in [0.717, 1.165) is 18.2 Å². The first-order chi connectivity index (χ1) is 11.5. The smallest absolute Gasteiger partial charge is 0.227 e. The number of sulfonamides is 1. The van der Waals surface area contributed by atoms with Crippen LogP contribution in [0.25, 0.3) is 0 Å². The lowest BCUT2D eigenvalue weighted by atomic mass is 9.86. The third-order valence-electron chi connectivity index (χ3n) is 4.36. The van der Waals surface area contributed by atoms with E-state index in [1.807, 2.05) is 0 Å². The number of carbonyl (C=O) groups excluding carboxylic acids is 1. The number of carbonyl (C=O) groups is 1. The molecule has 0 radical (unpaired) electrons. The van der Waals surface area contributed by atoms with Crippen LogP contribution >= 0.6 is 0 Å². The molecule has 25 heavy (non-hydrogen) atoms. The summed E-state index contributed by atoms with van der Waals surface area (Å²) in [5.41, 5.74) is 0.0815. The topological polar surface area (TPSA) is 75.3 Å². The number of hydrogen-bond donors (Lipinski definition) is 2. The Morgan fingerprint density at radius 1 is 1.04 bits per heavy atom. The van der Waals surface area contributed by atoms with Crippen molar-refractivity contribution in [3.05, 3.63) is 29.8 Å². The molecule has 2 rings (SSSR count). The van der Waals surface area contributed by atoms with E-state index in [1.165, 1.54) is 0 Å². The highest BCUT2D eigenvalue weighted by atomic mass is 32.2. The molecule has 1 amide bonds. The predicted molar refractivity (Wildman–Crippen MR) is 92.5 cm³/mol. The van der Waals surface area contributed by atoms with Gasteiger partial charge in [-0.1, -0.05) is 0 Å². The number of rotatable bonds is 4. The van der Waals surface area contributed by atoms with Gasteiger partial charge >= 0.3 is 0 Å². The molecule has 2 N–H and O–H groups in total. The maximum atomic E-state index is 13.2. The summed E-state index contributed by atoms with van der Waals surface area (Å²) in [5, 5.41) is 2.52. The molecule has 8 heteroatoms. The Hall–Kier alpha value is -1.54. The van der Waals surface area contributed by atoms with Gasteiger partial charge in [0.1, 0.15) is 11.6 Å². The van der Waals surface area contributed by atoms with E-state index in [2.05, 4.69) is 10.0 Å². The zero-order chi connectivity index (χ0) is 18.8. The Labute approximate surface area is 147 Å². The van der Waals surface area contributed by atoms with Crippen LogP contribution in [0.2, 0.25) is 0 Å². The summed E-state index contributed by atoms with van der Waals surface area (Å²) < 4.78 is 52.5. The largest absolute Gasteiger partial charge is 0.326 e. The van der Waals surface area contributed by atoms with Crippen molar-refractivity contribution in [3.63, 3.8) is 0 Å². The summed E-state index contributed by atoms with van der Waals surface area (Å²) >= 11 is 0. The zero-order valence-corrected chi connectivity index (χ0v) is 15.4. The minimum Gasteiger partial charge on any atom is -0.326 e. The second-order valence-electron chi connectivity index (χ2n) is 7.43. The number of benzene rings is 1. The summed E-state index contributed by atoms with van der Waals surface area (Å²) in [6.07, 6.45) is 2.12. The van der Waals surface area contributed by atoms with Crippen molar-refractivity contribution in [2.45, 2.75) is 57.2 Å². The van der Waals surface area contributed by atoms with Crippen LogP contribution in [0.4, 0.5) is 14.5 Å². The van der Waals surface area contributed by atoms with E-state index in [1.54, 1.807) is 20.8 Å². The van der Waals surface area contributed by atoms with Crippen molar-refractivity contribution in [1.82, 2.24) is 4.72 Å². The van der Waals surface area contributed by atoms with Crippen molar-refractivity contribution < 1.29 is 22.0 Å². The number of nitrogens with one attached hydrogen (secondary N) is 2. The van der Waals surface area contributed by atoms with Gasteiger partial charge in [0.25, 0.3) is 0 Å². The fourth-order valence-electron chi connectivity index (χ4n) is 2.74. The molecule has 1 aliphatic carbocycles. The van der Waals surface area contributed by atoms with E-state index >= 15 is 0 Å². The molecule has 0 bridgehead atoms. The molecule has 0 heterocycles. The summed E-state index contributed by atoms with van der Waals surface area (Å²) in [7, 11) is -3.43. The number of hydrogen-bond acceptors (Lipinski definition) is 3. The average Bonchev–Trinajstić information content (AvgIpc) is 2.45. The molecule has 0 aliphatic heterocycles. The normalized spacial score (nSPS) is 21.8. The molecule has 0 aromatic heterocycles. The van der Waals surface area contributed by atoms with Crippen molar-refractivity contribution in [1.29, 1.82) is 0 Å². The van der Waals surface area contributed by atoms with E-state index in [-0.39, 0.29) is 23.6 Å². The van der Waals surface area contributed by atoms with Gasteiger partial charge in [0, 0.05) is 23.7 Å². The predicted octanol–water partition coefficient (Wildman–Crippen LogP) is 3.18. The van der Waals surface area contributed by atoms with E-state index in [4.69, 9.17) is 0 Å². The van der Waals surface area contributed by atoms with Gasteiger partial charge in [-0.2, -0.15) is 0 Å². The maximum absolute atomic E-state index is 13.2. The lowest BCUT2D eigenvalue weighted by Gasteiger charge is -2.30. The van der Waals surface area contributed by atoms with Crippen LogP contribution in [0.3, 0.4) is 0 Å². The van der Waals surface area contributed by atoms with Gasteiger partial charge in [-0.3, -0.25) is 4.79 Å². The Morgan fingerprint density at radius 3 is 2.04 bits per heavy atom. The third-order valence-corrected chi connectivity index (χ3v) is 6.61. The summed E-state index contributed by atoms with van der Waals surface area (Å²) in [4.78, 5) is 12.2. The summed E-state index contributed by atoms with van der Waals surface area (Å²) in [6.45, 7) is 4.89. The first kappa shape index (κ1) is 19.8. The summed E-state index contributed by atoms with van der Waals surface area (Å²) in [5.74, 6) is -2.12. The van der Waals surface area contributed by atoms with Crippen molar-refractivity contribution in [3.8, 4) is 0 Å². The van der Waals surface area contributed by atoms with Gasteiger partial charge in [0.05, 0.1) is 4.75 Å². The molecule has 0 spiro atoms. The molecular weight excluding hydrogens is 350 g/mol. The number of anilines is 1. The van der Waals surface area contributed by atoms with Gasteiger partial charge in [-0.15, -0.1) is 0 Å². The highest BCUT2D eigenvalue weighted by molar-refractivity contribution is 7.90. The lowest BCUT2D eigenvalue weighted by molar-refractivity contribution is -0.120. The molecule has 0 unspecified atom stereocenters. The maximum Gasteiger partial charge on any atom is 0.227 e. The van der Waals surface area contributed by atoms with Gasteiger partial charge in [-0.25, -0.2) is 21.9 Å². The number of amides is 1. The minimum atomic E-state index is -3.43. The van der Waals surface area contributed by atoms with Crippen LogP contribution in [-0.2, 0) is 14.8 Å². The third kappa shape index (κ3) is 5.22. The fraction of sp³-hybridized carbons (Fsp3) is 0.588. The van der Waals surface area contributed by atoms with Crippen LogP contribution in [0.15, 0.2) is 18.2 Å². The lowest BCUT2D eigenvalue weighted by Crippen LogP contribution is -2.46. The minimum absolute atomic E-state index is 0.0815. The van der Waals surface area contributed by atoms with Crippen LogP contribution in [0, 0.1) is 17.6 Å². The fourth-order valence-corrected chi connectivity index (χ4v) is 3.77. The molecule has 1 aliphatic rings. The van der Waals surface area contributed by atoms with Crippen molar-refractivity contribution in [2.75, 3.05) is 5.32 Å². The van der Waals surface area contributed by atoms with Gasteiger partial charge in [0.15, 0.2) is 0 Å². The molecule has 5 nitrogen and oxygen atoms in total. The second-order valence-corrected chi connectivity index (χ2v) is 9.90. The van der Waals surface area contributed by atoms with Gasteiger partial charge < -0.3 is 5.32 Å². The SMILES string of the molecule is CC(C)(C)S(=O)(=O)N[C@H]1CC[C@H](C(=O)Nc2cc(F)cc(F)c2)CC1. The van der Waals surface area contributed by atoms with Gasteiger partial charge in [-0.05, 0) is 58.6 Å². The Morgan fingerprint density at radius 2 is 1.56 bits per heavy atom. The molecule has 1 aromatic rings. The standard InChI is InChI=1S/C17H24F2N2O3S/c1-17(2,3)25(23,24)21-14-6-4-11(5-7-14)16(22)20-15-9-12(18)8-13(19)10-15/h8-11,14,21H,4-7H2,1-3H3,(H,20,22)/t11-,14-. The highest BCUT2D eigenvalue weighted by Crippen LogP contribution is 2.27. The number of halogens is 2. The van der Waals surface area contributed by atoms with Crippen LogP contribution in [0.5, 0.6) is 0 Å². The quantitative estimate of drug-likeness (QED) is 0.850. The van der Waals surface area contributed by atoms with E-state index in [9.17, 15) is 22.0 Å². The van der Waals surface area contributed by atoms with Crippen LogP contribution < -0.4 is 10.0 Å². The molecule has 1 aromatic carbocycles. The average molecular weight is 374 g/mol. The highest BCUT2D eigenvalue weighted by Gasteiger charge is 2.34. The monoisotopic (exact) mass is 374 g/mol. The molecule has 0 saturated heterocycles. The Kier molecular flexibility index (Phi) is 5.83. The molecule has 140 valence electrons. The zero-order valence-electron chi connectivity index (χ0n) is 14.6. The van der Waals surface area contributed by atoms with Crippen molar-refractivity contribution in [2.24, 2.45) is 5.92 Å². The second kappa shape index (κ2) is 7.37. The van der Waals surface area contributed by atoms with Gasteiger partial charge in [0.2, 0.25) is 15.9 Å². The molecular formula is C17H24F2N2O3S. The van der Waals surface area contributed by atoms with Crippen LogP contribution in [0.1, 0.15) is 46.5 Å². The first-order valence-corrected chi connectivity index (χ1v) is 9.75.